The Morgan fingerprint density at radius 1 is 0.966 bits per heavy atom. The number of amides is 1. The maximum Gasteiger partial charge on any atom is 0.239 e. The fourth-order valence-corrected chi connectivity index (χ4v) is 4.60. The second-order valence-electron chi connectivity index (χ2n) is 8.35. The molecule has 1 amide bonds. The van der Waals surface area contributed by atoms with E-state index in [1.165, 1.54) is 5.56 Å². The summed E-state index contributed by atoms with van der Waals surface area (Å²) in [4.78, 5) is 24.3. The summed E-state index contributed by atoms with van der Waals surface area (Å²) in [5.41, 5.74) is 1.41. The molecule has 5 heteroatoms. The number of rotatable bonds is 5. The van der Waals surface area contributed by atoms with E-state index in [0.29, 0.717) is 11.8 Å². The van der Waals surface area contributed by atoms with E-state index in [1.54, 1.807) is 0 Å². The number of nitrogens with zero attached hydrogens (tertiary/aromatic N) is 4. The number of piperazine rings is 1. The molecule has 1 aromatic heterocycles. The van der Waals surface area contributed by atoms with Crippen LogP contribution in [0.5, 0.6) is 0 Å². The molecule has 4 rings (SSSR count). The van der Waals surface area contributed by atoms with Crippen LogP contribution in [0.1, 0.15) is 25.3 Å². The van der Waals surface area contributed by atoms with Gasteiger partial charge in [0.2, 0.25) is 5.91 Å². The monoisotopic (exact) mass is 392 g/mol. The highest BCUT2D eigenvalue weighted by molar-refractivity contribution is 5.81. The van der Waals surface area contributed by atoms with Crippen LogP contribution in [0.25, 0.3) is 0 Å². The largest absolute Gasteiger partial charge is 0.354 e. The van der Waals surface area contributed by atoms with Gasteiger partial charge in [0.25, 0.3) is 0 Å². The molecular weight excluding hydrogens is 360 g/mol. The predicted octanol–water partition coefficient (Wildman–Crippen LogP) is 3.07. The third kappa shape index (κ3) is 4.96. The molecule has 2 aliphatic heterocycles. The molecule has 2 fully saturated rings. The number of aromatic nitrogens is 1. The highest BCUT2D eigenvalue weighted by atomic mass is 16.2. The van der Waals surface area contributed by atoms with Gasteiger partial charge in [0.1, 0.15) is 5.82 Å². The quantitative estimate of drug-likeness (QED) is 0.784. The molecule has 2 aromatic rings. The van der Waals surface area contributed by atoms with Gasteiger partial charge in [-0.2, -0.15) is 0 Å². The predicted molar refractivity (Wildman–Crippen MR) is 117 cm³/mol. The van der Waals surface area contributed by atoms with Crippen LogP contribution in [0.4, 0.5) is 5.82 Å². The maximum atomic E-state index is 13.1. The lowest BCUT2D eigenvalue weighted by Crippen LogP contribution is -2.55. The molecule has 29 heavy (non-hydrogen) atoms. The summed E-state index contributed by atoms with van der Waals surface area (Å²) in [6, 6.07) is 16.7. The fourth-order valence-electron chi connectivity index (χ4n) is 4.60. The van der Waals surface area contributed by atoms with E-state index >= 15 is 0 Å². The van der Waals surface area contributed by atoms with Crippen molar-refractivity contribution in [3.8, 4) is 0 Å². The SMILES string of the molecule is C[C@@H](C(=O)N1CCC(Cc2ccccc2)CC1)N1CCN(c2ccccn2)CC1. The number of anilines is 1. The molecule has 0 aliphatic carbocycles. The van der Waals surface area contributed by atoms with Crippen molar-refractivity contribution >= 4 is 11.7 Å². The van der Waals surface area contributed by atoms with Gasteiger partial charge in [-0.1, -0.05) is 36.4 Å². The van der Waals surface area contributed by atoms with E-state index in [4.69, 9.17) is 0 Å². The highest BCUT2D eigenvalue weighted by Gasteiger charge is 2.31. The average Bonchev–Trinajstić information content (AvgIpc) is 2.80. The smallest absolute Gasteiger partial charge is 0.239 e. The number of pyridine rings is 1. The molecule has 2 saturated heterocycles. The number of carbonyl (C=O) groups is 1. The molecule has 0 radical (unpaired) electrons. The van der Waals surface area contributed by atoms with Crippen LogP contribution in [0.15, 0.2) is 54.7 Å². The first-order chi connectivity index (χ1) is 14.2. The zero-order valence-electron chi connectivity index (χ0n) is 17.4. The summed E-state index contributed by atoms with van der Waals surface area (Å²) in [6.07, 6.45) is 5.20. The van der Waals surface area contributed by atoms with Crippen LogP contribution < -0.4 is 4.90 Å². The van der Waals surface area contributed by atoms with Crippen LogP contribution in [-0.2, 0) is 11.2 Å². The third-order valence-electron chi connectivity index (χ3n) is 6.49. The number of hydrogen-bond acceptors (Lipinski definition) is 4. The molecule has 154 valence electrons. The van der Waals surface area contributed by atoms with Crippen molar-refractivity contribution in [1.29, 1.82) is 0 Å². The van der Waals surface area contributed by atoms with Crippen molar-refractivity contribution in [1.82, 2.24) is 14.8 Å². The topological polar surface area (TPSA) is 39.7 Å². The summed E-state index contributed by atoms with van der Waals surface area (Å²) >= 11 is 0. The second-order valence-corrected chi connectivity index (χ2v) is 8.35. The Kier molecular flexibility index (Phi) is 6.45. The molecule has 0 saturated carbocycles. The Labute approximate surface area is 174 Å². The van der Waals surface area contributed by atoms with Crippen LogP contribution in [0, 0.1) is 5.92 Å². The van der Waals surface area contributed by atoms with Crippen molar-refractivity contribution in [2.75, 3.05) is 44.2 Å². The number of piperidine rings is 1. The first kappa shape index (κ1) is 19.9. The Morgan fingerprint density at radius 3 is 2.31 bits per heavy atom. The summed E-state index contributed by atoms with van der Waals surface area (Å²) < 4.78 is 0. The number of hydrogen-bond donors (Lipinski definition) is 0. The Hall–Kier alpha value is -2.40. The Morgan fingerprint density at radius 2 is 1.66 bits per heavy atom. The number of carbonyl (C=O) groups excluding carboxylic acids is 1. The van der Waals surface area contributed by atoms with Crippen molar-refractivity contribution in [2.24, 2.45) is 5.92 Å². The highest BCUT2D eigenvalue weighted by Crippen LogP contribution is 2.23. The molecule has 0 spiro atoms. The van der Waals surface area contributed by atoms with E-state index in [9.17, 15) is 4.79 Å². The van der Waals surface area contributed by atoms with Gasteiger partial charge in [-0.3, -0.25) is 9.69 Å². The summed E-state index contributed by atoms with van der Waals surface area (Å²) in [6.45, 7) is 7.54. The van der Waals surface area contributed by atoms with Crippen LogP contribution >= 0.6 is 0 Å². The molecule has 1 atom stereocenters. The minimum absolute atomic E-state index is 0.0356. The van der Waals surface area contributed by atoms with Gasteiger partial charge >= 0.3 is 0 Å². The van der Waals surface area contributed by atoms with E-state index in [2.05, 4.69) is 63.0 Å². The fraction of sp³-hybridized carbons (Fsp3) is 0.500. The van der Waals surface area contributed by atoms with Crippen molar-refractivity contribution < 1.29 is 4.79 Å². The zero-order valence-corrected chi connectivity index (χ0v) is 17.4. The first-order valence-corrected chi connectivity index (χ1v) is 10.9. The minimum Gasteiger partial charge on any atom is -0.354 e. The molecular formula is C24H32N4O. The van der Waals surface area contributed by atoms with Gasteiger partial charge in [0, 0.05) is 45.5 Å². The maximum absolute atomic E-state index is 13.1. The third-order valence-corrected chi connectivity index (χ3v) is 6.49. The first-order valence-electron chi connectivity index (χ1n) is 10.9. The minimum atomic E-state index is -0.0356. The molecule has 3 heterocycles. The van der Waals surface area contributed by atoms with Crippen molar-refractivity contribution in [3.05, 3.63) is 60.3 Å². The molecule has 0 bridgehead atoms. The van der Waals surface area contributed by atoms with E-state index in [-0.39, 0.29) is 6.04 Å². The lowest BCUT2D eigenvalue weighted by atomic mass is 9.90. The molecule has 1 aromatic carbocycles. The average molecular weight is 393 g/mol. The van der Waals surface area contributed by atoms with E-state index < -0.39 is 0 Å². The second kappa shape index (κ2) is 9.40. The van der Waals surface area contributed by atoms with Crippen LogP contribution in [-0.4, -0.2) is 66.0 Å². The van der Waals surface area contributed by atoms with Crippen LogP contribution in [0.3, 0.4) is 0 Å². The van der Waals surface area contributed by atoms with Crippen LogP contribution in [0.2, 0.25) is 0 Å². The van der Waals surface area contributed by atoms with Crippen molar-refractivity contribution in [3.63, 3.8) is 0 Å². The lowest BCUT2D eigenvalue weighted by molar-refractivity contribution is -0.138. The molecule has 0 unspecified atom stereocenters. The van der Waals surface area contributed by atoms with Gasteiger partial charge in [-0.05, 0) is 49.8 Å². The Balaban J connectivity index is 1.24. The van der Waals surface area contributed by atoms with Gasteiger partial charge in [0.05, 0.1) is 6.04 Å². The normalized spacial score (nSPS) is 19.9. The number of likely N-dealkylation sites (tertiary alicyclic amines) is 1. The molecule has 2 aliphatic rings. The summed E-state index contributed by atoms with van der Waals surface area (Å²) in [5, 5.41) is 0. The van der Waals surface area contributed by atoms with Gasteiger partial charge in [-0.15, -0.1) is 0 Å². The Bertz CT molecular complexity index is 766. The van der Waals surface area contributed by atoms with Gasteiger partial charge in [0.15, 0.2) is 0 Å². The summed E-state index contributed by atoms with van der Waals surface area (Å²) in [5.74, 6) is 2.03. The summed E-state index contributed by atoms with van der Waals surface area (Å²) in [7, 11) is 0. The van der Waals surface area contributed by atoms with Gasteiger partial charge < -0.3 is 9.80 Å². The molecule has 0 N–H and O–H groups in total. The van der Waals surface area contributed by atoms with E-state index in [1.807, 2.05) is 18.3 Å². The van der Waals surface area contributed by atoms with Gasteiger partial charge in [-0.25, -0.2) is 4.98 Å². The lowest BCUT2D eigenvalue weighted by Gasteiger charge is -2.40. The van der Waals surface area contributed by atoms with Crippen molar-refractivity contribution in [2.45, 2.75) is 32.2 Å². The zero-order chi connectivity index (χ0) is 20.1. The standard InChI is InChI=1S/C24H32N4O/c1-20(26-15-17-27(18-16-26)23-9-5-6-12-25-23)24(29)28-13-10-22(11-14-28)19-21-7-3-2-4-8-21/h2-9,12,20,22H,10-11,13-19H2,1H3/t20-/m0/s1. The number of benzene rings is 1. The van der Waals surface area contributed by atoms with E-state index in [0.717, 1.165) is 64.3 Å². The molecule has 5 nitrogen and oxygen atoms in total.